The molecule has 140 valence electrons. The van der Waals surface area contributed by atoms with E-state index in [1.54, 1.807) is 0 Å². The lowest BCUT2D eigenvalue weighted by molar-refractivity contribution is 0.0781. The highest BCUT2D eigenvalue weighted by molar-refractivity contribution is 8.00. The summed E-state index contributed by atoms with van der Waals surface area (Å²) in [6.07, 6.45) is 4.38. The molecule has 2 aromatic carbocycles. The fourth-order valence-corrected chi connectivity index (χ4v) is 4.30. The highest BCUT2D eigenvalue weighted by atomic mass is 32.2. The van der Waals surface area contributed by atoms with Gasteiger partial charge in [-0.15, -0.1) is 0 Å². The summed E-state index contributed by atoms with van der Waals surface area (Å²) in [6, 6.07) is 15.1. The van der Waals surface area contributed by atoms with Crippen molar-refractivity contribution in [2.24, 2.45) is 4.99 Å². The second-order valence-corrected chi connectivity index (χ2v) is 8.21. The maximum absolute atomic E-state index is 5.54. The molecule has 1 aliphatic heterocycles. The second kappa shape index (κ2) is 8.78. The zero-order valence-corrected chi connectivity index (χ0v) is 16.8. The summed E-state index contributed by atoms with van der Waals surface area (Å²) in [7, 11) is 3.95. The minimum absolute atomic E-state index is 0.248. The fourth-order valence-electron chi connectivity index (χ4n) is 3.51. The third-order valence-corrected chi connectivity index (χ3v) is 6.63. The van der Waals surface area contributed by atoms with Crippen LogP contribution in [0.2, 0.25) is 0 Å². The van der Waals surface area contributed by atoms with Crippen molar-refractivity contribution in [2.75, 3.05) is 40.1 Å². The summed E-state index contributed by atoms with van der Waals surface area (Å²) in [5, 5.41) is 6.15. The molecular weight excluding hydrogens is 342 g/mol. The summed E-state index contributed by atoms with van der Waals surface area (Å²) in [5.74, 6) is 0.943. The quantitative estimate of drug-likeness (QED) is 0.641. The van der Waals surface area contributed by atoms with Gasteiger partial charge in [-0.3, -0.25) is 4.99 Å². The topological polar surface area (TPSA) is 36.9 Å². The van der Waals surface area contributed by atoms with Gasteiger partial charge in [0.05, 0.1) is 0 Å². The number of benzene rings is 2. The predicted molar refractivity (Wildman–Crippen MR) is 113 cm³/mol. The molecule has 0 amide bonds. The predicted octanol–water partition coefficient (Wildman–Crippen LogP) is 3.76. The minimum atomic E-state index is 0.248. The van der Waals surface area contributed by atoms with E-state index in [4.69, 9.17) is 4.74 Å². The van der Waals surface area contributed by atoms with Crippen LogP contribution in [0.15, 0.2) is 47.5 Å². The largest absolute Gasteiger partial charge is 0.381 e. The van der Waals surface area contributed by atoms with Crippen LogP contribution in [0.5, 0.6) is 0 Å². The van der Waals surface area contributed by atoms with Gasteiger partial charge < -0.3 is 15.0 Å². The molecule has 0 spiro atoms. The average Bonchev–Trinajstić information content (AvgIpc) is 2.69. The Kier molecular flexibility index (Phi) is 6.43. The molecule has 0 unspecified atom stereocenters. The zero-order chi connectivity index (χ0) is 18.4. The maximum Gasteiger partial charge on any atom is 0.193 e. The number of aliphatic imine (C=N–C) groups is 1. The van der Waals surface area contributed by atoms with E-state index in [-0.39, 0.29) is 4.75 Å². The molecule has 1 heterocycles. The molecule has 0 saturated carbocycles. The zero-order valence-electron chi connectivity index (χ0n) is 16.0. The summed E-state index contributed by atoms with van der Waals surface area (Å²) < 4.78 is 5.79. The summed E-state index contributed by atoms with van der Waals surface area (Å²) in [6.45, 7) is 3.47. The van der Waals surface area contributed by atoms with Gasteiger partial charge >= 0.3 is 0 Å². The van der Waals surface area contributed by atoms with Gasteiger partial charge in [-0.2, -0.15) is 11.8 Å². The van der Waals surface area contributed by atoms with Crippen LogP contribution in [0.25, 0.3) is 10.8 Å². The summed E-state index contributed by atoms with van der Waals surface area (Å²) >= 11 is 1.95. The molecule has 1 saturated heterocycles. The van der Waals surface area contributed by atoms with Gasteiger partial charge in [-0.05, 0) is 41.5 Å². The Hall–Kier alpha value is -1.72. The lowest BCUT2D eigenvalue weighted by Crippen LogP contribution is -2.48. The standard InChI is InChI=1S/C21H29N3OS/c1-22-20(23-16-21(26-3)10-12-25-13-11-21)24(2)15-17-8-9-18-6-4-5-7-19(18)14-17/h4-9,14H,10-13,15-16H2,1-3H3,(H,22,23). The Labute approximate surface area is 161 Å². The Balaban J connectivity index is 1.63. The molecule has 4 nitrogen and oxygen atoms in total. The normalized spacial score (nSPS) is 17.3. The van der Waals surface area contributed by atoms with Crippen LogP contribution >= 0.6 is 11.8 Å². The molecule has 0 aromatic heterocycles. The number of hydrogen-bond donors (Lipinski definition) is 1. The van der Waals surface area contributed by atoms with Crippen LogP contribution in [0, 0.1) is 0 Å². The molecular formula is C21H29N3OS. The number of nitrogens with one attached hydrogen (secondary N) is 1. The third kappa shape index (κ3) is 4.51. The second-order valence-electron chi connectivity index (χ2n) is 6.94. The maximum atomic E-state index is 5.54. The van der Waals surface area contributed by atoms with Crippen LogP contribution in [0.3, 0.4) is 0 Å². The van der Waals surface area contributed by atoms with Crippen molar-refractivity contribution in [1.29, 1.82) is 0 Å². The Morgan fingerprint density at radius 3 is 2.62 bits per heavy atom. The van der Waals surface area contributed by atoms with Crippen LogP contribution in [0.4, 0.5) is 0 Å². The lowest BCUT2D eigenvalue weighted by atomic mass is 9.99. The van der Waals surface area contributed by atoms with Gasteiger partial charge in [0.2, 0.25) is 0 Å². The molecule has 1 aliphatic rings. The van der Waals surface area contributed by atoms with Crippen molar-refractivity contribution in [3.05, 3.63) is 48.0 Å². The number of nitrogens with zero attached hydrogens (tertiary/aromatic N) is 2. The van der Waals surface area contributed by atoms with Crippen molar-refractivity contribution in [3.63, 3.8) is 0 Å². The van der Waals surface area contributed by atoms with E-state index in [0.29, 0.717) is 0 Å². The van der Waals surface area contributed by atoms with Gasteiger partial charge in [0.25, 0.3) is 0 Å². The van der Waals surface area contributed by atoms with Crippen molar-refractivity contribution < 1.29 is 4.74 Å². The minimum Gasteiger partial charge on any atom is -0.381 e. The molecule has 0 atom stereocenters. The van der Waals surface area contributed by atoms with Crippen molar-refractivity contribution in [1.82, 2.24) is 10.2 Å². The number of hydrogen-bond acceptors (Lipinski definition) is 3. The van der Waals surface area contributed by atoms with Crippen LogP contribution in [-0.4, -0.2) is 55.7 Å². The number of thioether (sulfide) groups is 1. The van der Waals surface area contributed by atoms with E-state index in [1.165, 1.54) is 16.3 Å². The van der Waals surface area contributed by atoms with Gasteiger partial charge in [0.15, 0.2) is 5.96 Å². The molecule has 2 aromatic rings. The third-order valence-electron chi connectivity index (χ3n) is 5.21. The van der Waals surface area contributed by atoms with Crippen molar-refractivity contribution >= 4 is 28.5 Å². The first-order valence-corrected chi connectivity index (χ1v) is 10.4. The molecule has 5 heteroatoms. The molecule has 3 rings (SSSR count). The first-order valence-electron chi connectivity index (χ1n) is 9.18. The molecule has 0 radical (unpaired) electrons. The molecule has 1 N–H and O–H groups in total. The van der Waals surface area contributed by atoms with E-state index in [0.717, 1.165) is 45.1 Å². The van der Waals surface area contributed by atoms with E-state index in [1.807, 2.05) is 18.8 Å². The smallest absolute Gasteiger partial charge is 0.193 e. The first kappa shape index (κ1) is 19.1. The fraction of sp³-hybridized carbons (Fsp3) is 0.476. The number of guanidine groups is 1. The van der Waals surface area contributed by atoms with Crippen molar-refractivity contribution in [3.8, 4) is 0 Å². The highest BCUT2D eigenvalue weighted by Crippen LogP contribution is 2.33. The van der Waals surface area contributed by atoms with Crippen LogP contribution in [-0.2, 0) is 11.3 Å². The van der Waals surface area contributed by atoms with Gasteiger partial charge in [-0.1, -0.05) is 36.4 Å². The highest BCUT2D eigenvalue weighted by Gasteiger charge is 2.32. The number of fused-ring (bicyclic) bond motifs is 1. The van der Waals surface area contributed by atoms with Crippen molar-refractivity contribution in [2.45, 2.75) is 24.1 Å². The Morgan fingerprint density at radius 1 is 1.19 bits per heavy atom. The molecule has 0 aliphatic carbocycles. The van der Waals surface area contributed by atoms with E-state index in [2.05, 4.69) is 71.0 Å². The van der Waals surface area contributed by atoms with E-state index < -0.39 is 0 Å². The van der Waals surface area contributed by atoms with Crippen LogP contribution in [0.1, 0.15) is 18.4 Å². The number of rotatable bonds is 5. The summed E-state index contributed by atoms with van der Waals surface area (Å²) in [4.78, 5) is 6.68. The molecule has 26 heavy (non-hydrogen) atoms. The summed E-state index contributed by atoms with van der Waals surface area (Å²) in [5.41, 5.74) is 1.29. The molecule has 0 bridgehead atoms. The SMILES string of the molecule is CN=C(NCC1(SC)CCOCC1)N(C)Cc1ccc2ccccc2c1. The van der Waals surface area contributed by atoms with Gasteiger partial charge in [0, 0.05) is 45.1 Å². The lowest BCUT2D eigenvalue weighted by Gasteiger charge is -2.37. The van der Waals surface area contributed by atoms with E-state index >= 15 is 0 Å². The Morgan fingerprint density at radius 2 is 1.92 bits per heavy atom. The number of ether oxygens (including phenoxy) is 1. The monoisotopic (exact) mass is 371 g/mol. The molecule has 1 fully saturated rings. The Bertz CT molecular complexity index is 756. The first-order chi connectivity index (χ1) is 12.7. The van der Waals surface area contributed by atoms with Gasteiger partial charge in [-0.25, -0.2) is 0 Å². The van der Waals surface area contributed by atoms with Crippen LogP contribution < -0.4 is 5.32 Å². The average molecular weight is 372 g/mol. The van der Waals surface area contributed by atoms with E-state index in [9.17, 15) is 0 Å². The van der Waals surface area contributed by atoms with Gasteiger partial charge in [0.1, 0.15) is 0 Å².